The maximum absolute atomic E-state index is 14.4. The van der Waals surface area contributed by atoms with Gasteiger partial charge in [0, 0.05) is 36.5 Å². The van der Waals surface area contributed by atoms with Gasteiger partial charge in [0.2, 0.25) is 0 Å². The summed E-state index contributed by atoms with van der Waals surface area (Å²) in [4.78, 5) is 10.9. The third kappa shape index (κ3) is 3.65. The molecular formula is C20H31F3N4O2S. The van der Waals surface area contributed by atoms with Crippen LogP contribution in [0.3, 0.4) is 0 Å². The smallest absolute Gasteiger partial charge is 0.311 e. The Kier molecular flexibility index (Phi) is 5.96. The van der Waals surface area contributed by atoms with Gasteiger partial charge in [-0.3, -0.25) is 10.1 Å². The summed E-state index contributed by atoms with van der Waals surface area (Å²) in [6.07, 6.45) is -0.0947. The summed E-state index contributed by atoms with van der Waals surface area (Å²) in [5.41, 5.74) is -0.700. The Morgan fingerprint density at radius 1 is 0.867 bits per heavy atom. The van der Waals surface area contributed by atoms with E-state index in [0.29, 0.717) is 31.0 Å². The zero-order valence-corrected chi connectivity index (χ0v) is 17.7. The molecule has 12 unspecified atom stereocenters. The minimum Gasteiger partial charge on any atom is -0.311 e. The third-order valence-corrected chi connectivity index (χ3v) is 9.89. The first kappa shape index (κ1) is 21.3. The number of alkyl halides is 3. The topological polar surface area (TPSA) is 79.2 Å². The van der Waals surface area contributed by atoms with E-state index in [-0.39, 0.29) is 34.5 Å². The van der Waals surface area contributed by atoms with Gasteiger partial charge in [-0.05, 0) is 55.8 Å². The Bertz CT molecular complexity index is 664. The van der Waals surface area contributed by atoms with E-state index in [1.807, 2.05) is 0 Å². The van der Waals surface area contributed by atoms with Crippen LogP contribution < -0.4 is 16.0 Å². The lowest BCUT2D eigenvalue weighted by molar-refractivity contribution is -0.499. The number of fused-ring (bicyclic) bond motifs is 2. The molecule has 2 aliphatic carbocycles. The van der Waals surface area contributed by atoms with Gasteiger partial charge < -0.3 is 10.6 Å². The molecule has 0 bridgehead atoms. The maximum atomic E-state index is 14.4. The molecule has 0 aromatic heterocycles. The monoisotopic (exact) mass is 448 g/mol. The molecule has 10 heteroatoms. The van der Waals surface area contributed by atoms with Gasteiger partial charge in [0.15, 0.2) is 6.17 Å². The van der Waals surface area contributed by atoms with Crippen LogP contribution in [0.25, 0.3) is 0 Å². The van der Waals surface area contributed by atoms with Crippen LogP contribution in [-0.2, 0) is 0 Å². The molecule has 3 aliphatic heterocycles. The molecule has 170 valence electrons. The number of nitrogens with zero attached hydrogens (tertiary/aromatic N) is 1. The van der Waals surface area contributed by atoms with Crippen molar-refractivity contribution in [2.24, 2.45) is 23.7 Å². The Hall–Kier alpha value is -0.580. The summed E-state index contributed by atoms with van der Waals surface area (Å²) in [7, 11) is 0. The fourth-order valence-electron chi connectivity index (χ4n) is 7.05. The summed E-state index contributed by atoms with van der Waals surface area (Å²) in [5, 5.41) is 21.4. The van der Waals surface area contributed by atoms with E-state index in [1.54, 1.807) is 0 Å². The molecule has 2 saturated carbocycles. The van der Waals surface area contributed by atoms with Gasteiger partial charge in [-0.25, -0.2) is 18.5 Å². The highest BCUT2D eigenvalue weighted by molar-refractivity contribution is 8.00. The van der Waals surface area contributed by atoms with Crippen molar-refractivity contribution in [3.8, 4) is 0 Å². The molecule has 3 N–H and O–H groups in total. The van der Waals surface area contributed by atoms with Gasteiger partial charge >= 0.3 is 5.50 Å². The van der Waals surface area contributed by atoms with Crippen molar-refractivity contribution in [2.45, 2.75) is 85.9 Å². The minimum absolute atomic E-state index is 0.103. The van der Waals surface area contributed by atoms with Crippen molar-refractivity contribution in [1.29, 1.82) is 0 Å². The molecule has 0 aromatic carbocycles. The van der Waals surface area contributed by atoms with E-state index in [9.17, 15) is 23.3 Å². The standard InChI is InChI=1S/C20H31F3N4O2S/c21-13-6-11-12(7-24-19(11)18(23)17(13)22)15-5-4-9-10(2-1-3-14(9)26-15)16-8-25-20(30-16)27(28)29/h9-20,24-26H,1-8H2. The first-order valence-electron chi connectivity index (χ1n) is 11.4. The molecular weight excluding hydrogens is 417 g/mol. The lowest BCUT2D eigenvalue weighted by Gasteiger charge is -2.48. The van der Waals surface area contributed by atoms with Crippen LogP contribution in [-0.4, -0.2) is 65.4 Å². The number of thioether (sulfide) groups is 1. The predicted molar refractivity (Wildman–Crippen MR) is 109 cm³/mol. The lowest BCUT2D eigenvalue weighted by Crippen LogP contribution is -2.57. The highest BCUT2D eigenvalue weighted by Gasteiger charge is 2.54. The quantitative estimate of drug-likeness (QED) is 0.455. The summed E-state index contributed by atoms with van der Waals surface area (Å²) >= 11 is 1.46. The van der Waals surface area contributed by atoms with Gasteiger partial charge in [-0.2, -0.15) is 0 Å². The van der Waals surface area contributed by atoms with E-state index >= 15 is 0 Å². The Labute approximate surface area is 179 Å². The zero-order valence-electron chi connectivity index (χ0n) is 16.9. The molecule has 5 aliphatic rings. The van der Waals surface area contributed by atoms with Crippen molar-refractivity contribution in [3.63, 3.8) is 0 Å². The van der Waals surface area contributed by atoms with Crippen LogP contribution in [0.5, 0.6) is 0 Å². The second-order valence-electron chi connectivity index (χ2n) is 9.84. The average Bonchev–Trinajstić information content (AvgIpc) is 3.39. The molecule has 12 atom stereocenters. The van der Waals surface area contributed by atoms with Crippen molar-refractivity contribution in [1.82, 2.24) is 16.0 Å². The number of hydrogen-bond acceptors (Lipinski definition) is 6. The van der Waals surface area contributed by atoms with Crippen LogP contribution in [0.2, 0.25) is 0 Å². The van der Waals surface area contributed by atoms with Crippen molar-refractivity contribution in [3.05, 3.63) is 10.1 Å². The number of nitrogens with one attached hydrogen (secondary N) is 3. The highest BCUT2D eigenvalue weighted by Crippen LogP contribution is 2.47. The summed E-state index contributed by atoms with van der Waals surface area (Å²) in [6, 6.07) is -0.0174. The fraction of sp³-hybridized carbons (Fsp3) is 1.00. The van der Waals surface area contributed by atoms with Crippen LogP contribution in [0.4, 0.5) is 13.2 Å². The van der Waals surface area contributed by atoms with Gasteiger partial charge in [0.1, 0.15) is 12.3 Å². The molecule has 3 saturated heterocycles. The van der Waals surface area contributed by atoms with E-state index < -0.39 is 30.1 Å². The number of halogens is 3. The molecule has 0 amide bonds. The molecule has 0 spiro atoms. The SMILES string of the molecule is O=[N+]([O-])C1NCC(C2CCCC3NC(C4CNC5C(F)C(F)C(F)CC45)CCC32)S1. The lowest BCUT2D eigenvalue weighted by atomic mass is 9.66. The second-order valence-corrected chi connectivity index (χ2v) is 11.2. The van der Waals surface area contributed by atoms with E-state index in [0.717, 1.165) is 32.1 Å². The normalized spacial score (nSPS) is 53.8. The summed E-state index contributed by atoms with van der Waals surface area (Å²) < 4.78 is 42.2. The Morgan fingerprint density at radius 2 is 1.67 bits per heavy atom. The number of rotatable bonds is 3. The first-order valence-corrected chi connectivity index (χ1v) is 12.3. The van der Waals surface area contributed by atoms with E-state index in [2.05, 4.69) is 16.0 Å². The second kappa shape index (κ2) is 8.41. The molecule has 5 fully saturated rings. The highest BCUT2D eigenvalue weighted by atomic mass is 32.2. The summed E-state index contributed by atoms with van der Waals surface area (Å²) in [5.74, 6) is 0.920. The molecule has 6 nitrogen and oxygen atoms in total. The van der Waals surface area contributed by atoms with E-state index in [4.69, 9.17) is 0 Å². The van der Waals surface area contributed by atoms with Crippen LogP contribution in [0, 0.1) is 33.8 Å². The van der Waals surface area contributed by atoms with Crippen molar-refractivity contribution >= 4 is 11.8 Å². The van der Waals surface area contributed by atoms with Crippen molar-refractivity contribution < 1.29 is 18.1 Å². The van der Waals surface area contributed by atoms with Crippen LogP contribution in [0.1, 0.15) is 38.5 Å². The predicted octanol–water partition coefficient (Wildman–Crippen LogP) is 2.41. The van der Waals surface area contributed by atoms with E-state index in [1.165, 1.54) is 11.8 Å². The first-order chi connectivity index (χ1) is 14.4. The molecule has 0 radical (unpaired) electrons. The minimum atomic E-state index is -2.01. The zero-order chi connectivity index (χ0) is 21.0. The number of nitro groups is 1. The Balaban J connectivity index is 1.23. The molecule has 0 aromatic rings. The molecule has 5 rings (SSSR count). The molecule has 3 heterocycles. The third-order valence-electron chi connectivity index (χ3n) is 8.43. The fourth-order valence-corrected chi connectivity index (χ4v) is 8.40. The maximum Gasteiger partial charge on any atom is 0.313 e. The number of piperidine rings is 1. The van der Waals surface area contributed by atoms with Gasteiger partial charge in [-0.1, -0.05) is 18.2 Å². The van der Waals surface area contributed by atoms with Crippen molar-refractivity contribution in [2.75, 3.05) is 13.1 Å². The van der Waals surface area contributed by atoms with Gasteiger partial charge in [0.05, 0.1) is 4.92 Å². The molecule has 30 heavy (non-hydrogen) atoms. The van der Waals surface area contributed by atoms with Gasteiger partial charge in [0.25, 0.3) is 0 Å². The van der Waals surface area contributed by atoms with Crippen LogP contribution >= 0.6 is 11.8 Å². The number of hydrogen-bond donors (Lipinski definition) is 3. The average molecular weight is 449 g/mol. The largest absolute Gasteiger partial charge is 0.313 e. The van der Waals surface area contributed by atoms with Gasteiger partial charge in [-0.15, -0.1) is 0 Å². The summed E-state index contributed by atoms with van der Waals surface area (Å²) in [6.45, 7) is 1.30. The van der Waals surface area contributed by atoms with Crippen LogP contribution in [0.15, 0.2) is 0 Å². The Morgan fingerprint density at radius 3 is 2.43 bits per heavy atom.